The van der Waals surface area contributed by atoms with Crippen LogP contribution in [0.2, 0.25) is 12.6 Å². The molecule has 128 valence electrons. The molecule has 0 aliphatic carbocycles. The van der Waals surface area contributed by atoms with Crippen LogP contribution in [0.3, 0.4) is 0 Å². The van der Waals surface area contributed by atoms with Gasteiger partial charge in [0.2, 0.25) is 8.58 Å². The number of halogens is 2. The van der Waals surface area contributed by atoms with Gasteiger partial charge in [-0.05, 0) is 24.2 Å². The van der Waals surface area contributed by atoms with Crippen LogP contribution in [0.1, 0.15) is 61.3 Å². The molecule has 0 rings (SSSR count). The molecule has 0 amide bonds. The average molecular weight is 565 g/mol. The van der Waals surface area contributed by atoms with Crippen LogP contribution < -0.4 is 0 Å². The second kappa shape index (κ2) is 12.4. The maximum Gasteiger partial charge on any atom is 0.240 e. The van der Waals surface area contributed by atoms with Crippen molar-refractivity contribution in [1.82, 2.24) is 0 Å². The minimum atomic E-state index is 0.416. The SMILES string of the molecule is C=C(C)CC(C)(C)CB(P)I.C[C+](C)CC(C)(C)CB(P)I. The molecule has 6 heteroatoms. The van der Waals surface area contributed by atoms with Crippen LogP contribution in [0.25, 0.3) is 0 Å². The third-order valence-corrected chi connectivity index (χ3v) is 4.46. The van der Waals surface area contributed by atoms with Crippen molar-refractivity contribution in [3.8, 4) is 0 Å². The predicted octanol–water partition coefficient (Wildman–Crippen LogP) is 7.59. The van der Waals surface area contributed by atoms with Crippen molar-refractivity contribution in [2.24, 2.45) is 10.8 Å². The molecule has 0 saturated heterocycles. The predicted molar refractivity (Wildman–Crippen MR) is 135 cm³/mol. The van der Waals surface area contributed by atoms with Gasteiger partial charge in [0, 0.05) is 0 Å². The van der Waals surface area contributed by atoms with Gasteiger partial charge in [-0.3, -0.25) is 0 Å². The summed E-state index contributed by atoms with van der Waals surface area (Å²) in [6.07, 6.45) is 4.91. The Morgan fingerprint density at radius 1 is 1.00 bits per heavy atom. The van der Waals surface area contributed by atoms with E-state index in [2.05, 4.69) is 118 Å². The van der Waals surface area contributed by atoms with E-state index >= 15 is 0 Å². The number of hydrogen-bond donors (Lipinski definition) is 0. The summed E-state index contributed by atoms with van der Waals surface area (Å²) in [6.45, 7) is 19.8. The minimum absolute atomic E-state index is 0.416. The van der Waals surface area contributed by atoms with E-state index in [1.54, 1.807) is 0 Å². The highest BCUT2D eigenvalue weighted by molar-refractivity contribution is 14.1. The van der Waals surface area contributed by atoms with Gasteiger partial charge >= 0.3 is 0 Å². The molecule has 0 spiro atoms. The summed E-state index contributed by atoms with van der Waals surface area (Å²) >= 11 is 4.92. The van der Waals surface area contributed by atoms with E-state index in [1.807, 2.05) is 0 Å². The largest absolute Gasteiger partial charge is 0.240 e. The molecule has 0 aliphatic heterocycles. The highest BCUT2D eigenvalue weighted by Gasteiger charge is 2.27. The molecule has 2 unspecified atom stereocenters. The van der Waals surface area contributed by atoms with Gasteiger partial charge in [0.15, 0.2) is 0 Å². The zero-order valence-corrected chi connectivity index (χ0v) is 22.2. The standard InChI is InChI=1S/C8H18BIP.C8H17BIP/c2*1-7(2)5-8(3,4)6-9(10)11/h5-6,11H2,1-4H3;1,5-6,11H2,2-4H3/q+1;. The van der Waals surface area contributed by atoms with E-state index in [-0.39, 0.29) is 0 Å². The first-order chi connectivity index (χ1) is 9.67. The summed E-state index contributed by atoms with van der Waals surface area (Å²) in [5.74, 6) is 1.54. The van der Waals surface area contributed by atoms with Gasteiger partial charge in [0.25, 0.3) is 0 Å². The molecule has 0 N–H and O–H groups in total. The number of allylic oxidation sites excluding steroid dienone is 1. The van der Waals surface area contributed by atoms with Crippen LogP contribution in [0.4, 0.5) is 0 Å². The van der Waals surface area contributed by atoms with Crippen molar-refractivity contribution in [2.45, 2.75) is 73.9 Å². The van der Waals surface area contributed by atoms with Crippen molar-refractivity contribution in [3.05, 3.63) is 18.1 Å². The zero-order chi connectivity index (χ0) is 18.1. The Morgan fingerprint density at radius 2 is 1.36 bits per heavy atom. The number of rotatable bonds is 8. The summed E-state index contributed by atoms with van der Waals surface area (Å²) in [7, 11) is 5.70. The summed E-state index contributed by atoms with van der Waals surface area (Å²) in [6, 6.07) is 0. The summed E-state index contributed by atoms with van der Waals surface area (Å²) < 4.78 is 1.39. The molecule has 0 bridgehead atoms. The molecule has 0 aromatic carbocycles. The first-order valence-corrected chi connectivity index (χ1v) is 11.7. The maximum absolute atomic E-state index is 3.94. The molecule has 0 saturated carbocycles. The van der Waals surface area contributed by atoms with E-state index in [0.717, 1.165) is 6.42 Å². The molecular formula is C16H35B2I2P2+. The fourth-order valence-corrected chi connectivity index (χ4v) is 6.63. The van der Waals surface area contributed by atoms with E-state index in [1.165, 1.54) is 30.6 Å². The van der Waals surface area contributed by atoms with Gasteiger partial charge in [-0.15, -0.1) is 51.3 Å². The maximum atomic E-state index is 3.94. The third-order valence-electron chi connectivity index (χ3n) is 3.11. The Hall–Kier alpha value is 2.06. The van der Waals surface area contributed by atoms with Crippen LogP contribution in [0, 0.1) is 16.7 Å². The normalized spacial score (nSPS) is 11.4. The lowest BCUT2D eigenvalue weighted by Gasteiger charge is -2.25. The van der Waals surface area contributed by atoms with Gasteiger partial charge in [-0.2, -0.15) is 18.2 Å². The van der Waals surface area contributed by atoms with E-state index in [0.29, 0.717) is 19.4 Å². The molecule has 0 aromatic heterocycles. The Morgan fingerprint density at radius 3 is 1.64 bits per heavy atom. The molecule has 0 fully saturated rings. The van der Waals surface area contributed by atoms with E-state index in [4.69, 9.17) is 0 Å². The molecular weight excluding hydrogens is 530 g/mol. The molecule has 0 nitrogen and oxygen atoms in total. The quantitative estimate of drug-likeness (QED) is 0.0937. The Kier molecular flexibility index (Phi) is 14.8. The Labute approximate surface area is 173 Å². The Bertz CT molecular complexity index is 305. The molecule has 0 radical (unpaired) electrons. The first-order valence-electron chi connectivity index (χ1n) is 7.89. The third kappa shape index (κ3) is 20.1. The fraction of sp³-hybridized carbons (Fsp3) is 0.812. The average Bonchev–Trinajstić information content (AvgIpc) is 2.06. The monoisotopic (exact) mass is 565 g/mol. The fourth-order valence-electron chi connectivity index (χ4n) is 2.97. The van der Waals surface area contributed by atoms with Crippen LogP contribution in [-0.4, -0.2) is 8.58 Å². The molecule has 0 aromatic rings. The van der Waals surface area contributed by atoms with Crippen molar-refractivity contribution >= 4 is 71.6 Å². The topological polar surface area (TPSA) is 0 Å². The second-order valence-electron chi connectivity index (χ2n) is 8.29. The van der Waals surface area contributed by atoms with Crippen molar-refractivity contribution in [3.63, 3.8) is 0 Å². The highest BCUT2D eigenvalue weighted by atomic mass is 127. The molecule has 0 aliphatic rings. The molecule has 2 atom stereocenters. The lowest BCUT2D eigenvalue weighted by Crippen LogP contribution is -2.16. The van der Waals surface area contributed by atoms with Crippen LogP contribution in [0.15, 0.2) is 12.2 Å². The van der Waals surface area contributed by atoms with Crippen LogP contribution in [-0.2, 0) is 0 Å². The van der Waals surface area contributed by atoms with E-state index in [9.17, 15) is 0 Å². The first kappa shape index (κ1) is 26.3. The Balaban J connectivity index is 0. The number of hydrogen-bond acceptors (Lipinski definition) is 0. The lowest BCUT2D eigenvalue weighted by atomic mass is 9.73. The van der Waals surface area contributed by atoms with Crippen LogP contribution >= 0.6 is 63.0 Å². The molecule has 22 heavy (non-hydrogen) atoms. The van der Waals surface area contributed by atoms with Crippen LogP contribution in [0.5, 0.6) is 0 Å². The van der Waals surface area contributed by atoms with Crippen molar-refractivity contribution in [2.75, 3.05) is 0 Å². The van der Waals surface area contributed by atoms with Gasteiger partial charge < -0.3 is 0 Å². The highest BCUT2D eigenvalue weighted by Crippen LogP contribution is 2.35. The molecule has 0 heterocycles. The summed E-state index contributed by atoms with van der Waals surface area (Å²) in [4.78, 5) is 0. The van der Waals surface area contributed by atoms with Gasteiger partial charge in [-0.25, -0.2) is 0 Å². The van der Waals surface area contributed by atoms with Gasteiger partial charge in [-0.1, -0.05) is 45.9 Å². The summed E-state index contributed by atoms with van der Waals surface area (Å²) in [5, 5.41) is 0. The van der Waals surface area contributed by atoms with Gasteiger partial charge in [0.05, 0.1) is 26.2 Å². The van der Waals surface area contributed by atoms with Gasteiger partial charge in [0.1, 0.15) is 0 Å². The van der Waals surface area contributed by atoms with Crippen molar-refractivity contribution < 1.29 is 0 Å². The zero-order valence-electron chi connectivity index (χ0n) is 15.6. The second-order valence-corrected chi connectivity index (χ2v) is 15.8. The van der Waals surface area contributed by atoms with Crippen molar-refractivity contribution in [1.29, 1.82) is 0 Å². The lowest BCUT2D eigenvalue weighted by molar-refractivity contribution is 0.388. The smallest absolute Gasteiger partial charge is 0.159 e. The van der Waals surface area contributed by atoms with E-state index < -0.39 is 0 Å². The summed E-state index contributed by atoms with van der Waals surface area (Å²) in [5.41, 5.74) is 2.18. The minimum Gasteiger partial charge on any atom is -0.159 e.